The lowest BCUT2D eigenvalue weighted by atomic mass is 9.79. The third kappa shape index (κ3) is 7.13. The molecule has 8 nitrogen and oxygen atoms in total. The summed E-state index contributed by atoms with van der Waals surface area (Å²) in [6.45, 7) is 11.2. The zero-order valence-corrected chi connectivity index (χ0v) is 13.1. The minimum absolute atomic E-state index is 0.164. The summed E-state index contributed by atoms with van der Waals surface area (Å²) in [6, 6.07) is 0. The number of carbonyl (C=O) groups excluding carboxylic acids is 1. The van der Waals surface area contributed by atoms with Gasteiger partial charge in [-0.2, -0.15) is 4.84 Å². The van der Waals surface area contributed by atoms with Gasteiger partial charge in [0.2, 0.25) is 6.79 Å². The van der Waals surface area contributed by atoms with Crippen LogP contribution in [0.4, 0.5) is 4.79 Å². The van der Waals surface area contributed by atoms with Gasteiger partial charge in [0.1, 0.15) is 12.1 Å². The summed E-state index contributed by atoms with van der Waals surface area (Å²) in [4.78, 5) is 16.2. The number of nitrogens with one attached hydrogen (secondary N) is 1. The molecule has 1 N–H and O–H groups in total. The van der Waals surface area contributed by atoms with Crippen molar-refractivity contribution in [2.75, 3.05) is 13.3 Å². The summed E-state index contributed by atoms with van der Waals surface area (Å²) in [5.74, 6) is 0. The summed E-state index contributed by atoms with van der Waals surface area (Å²) in [5.41, 5.74) is 1.01. The Labute approximate surface area is 119 Å². The molecule has 0 aliphatic heterocycles. The molecule has 0 unspecified atom stereocenters. The SMILES string of the molecule is CCCN=[N+]([O-])NOCOC(=O)OC(C)(C)C(C)(C)C. The van der Waals surface area contributed by atoms with Gasteiger partial charge < -0.3 is 14.7 Å². The van der Waals surface area contributed by atoms with Gasteiger partial charge in [-0.3, -0.25) is 0 Å². The monoisotopic (exact) mass is 291 g/mol. The molecule has 0 rings (SSSR count). The van der Waals surface area contributed by atoms with Gasteiger partial charge in [-0.1, -0.05) is 27.7 Å². The highest BCUT2D eigenvalue weighted by atomic mass is 16.8. The molecule has 0 amide bonds. The molecule has 118 valence electrons. The Balaban J connectivity index is 3.96. The number of rotatable bonds is 7. The Morgan fingerprint density at radius 2 is 1.90 bits per heavy atom. The number of nitrogens with zero attached hydrogens (tertiary/aromatic N) is 2. The lowest BCUT2D eigenvalue weighted by molar-refractivity contribution is -0.648. The van der Waals surface area contributed by atoms with E-state index in [1.807, 2.05) is 33.3 Å². The van der Waals surface area contributed by atoms with Crippen LogP contribution in [-0.2, 0) is 14.3 Å². The summed E-state index contributed by atoms with van der Waals surface area (Å²) < 4.78 is 9.86. The topological polar surface area (TPSA) is 95.2 Å². The molecule has 0 radical (unpaired) electrons. The molecule has 0 spiro atoms. The molecule has 20 heavy (non-hydrogen) atoms. The summed E-state index contributed by atoms with van der Waals surface area (Å²) >= 11 is 0. The van der Waals surface area contributed by atoms with E-state index < -0.39 is 18.5 Å². The first kappa shape index (κ1) is 18.4. The van der Waals surface area contributed by atoms with Crippen LogP contribution in [0.25, 0.3) is 0 Å². The molecule has 0 fully saturated rings. The van der Waals surface area contributed by atoms with Crippen LogP contribution in [0.15, 0.2) is 5.11 Å². The first-order valence-electron chi connectivity index (χ1n) is 6.48. The fraction of sp³-hybridized carbons (Fsp3) is 0.917. The van der Waals surface area contributed by atoms with E-state index in [1.165, 1.54) is 0 Å². The average Bonchev–Trinajstić information content (AvgIpc) is 2.30. The molecule has 0 heterocycles. The maximum absolute atomic E-state index is 11.5. The van der Waals surface area contributed by atoms with Gasteiger partial charge >= 0.3 is 6.16 Å². The van der Waals surface area contributed by atoms with Crippen LogP contribution in [0, 0.1) is 10.6 Å². The van der Waals surface area contributed by atoms with Gasteiger partial charge in [-0.25, -0.2) is 4.79 Å². The Hall–Kier alpha value is -1.57. The molecule has 0 aromatic carbocycles. The van der Waals surface area contributed by atoms with E-state index in [-0.39, 0.29) is 10.4 Å². The van der Waals surface area contributed by atoms with Gasteiger partial charge in [0, 0.05) is 10.5 Å². The minimum atomic E-state index is -0.866. The van der Waals surface area contributed by atoms with Crippen LogP contribution in [0.1, 0.15) is 48.0 Å². The minimum Gasteiger partial charge on any atom is -0.570 e. The smallest absolute Gasteiger partial charge is 0.511 e. The largest absolute Gasteiger partial charge is 0.570 e. The molecule has 0 atom stereocenters. The maximum Gasteiger partial charge on any atom is 0.511 e. The lowest BCUT2D eigenvalue weighted by Gasteiger charge is -2.37. The molecular weight excluding hydrogens is 266 g/mol. The lowest BCUT2D eigenvalue weighted by Crippen LogP contribution is -2.41. The Kier molecular flexibility index (Phi) is 7.26. The van der Waals surface area contributed by atoms with Crippen molar-refractivity contribution >= 4 is 6.16 Å². The van der Waals surface area contributed by atoms with Crippen molar-refractivity contribution in [2.45, 2.75) is 53.6 Å². The highest BCUT2D eigenvalue weighted by Gasteiger charge is 2.37. The Morgan fingerprint density at radius 3 is 2.40 bits per heavy atom. The fourth-order valence-corrected chi connectivity index (χ4v) is 0.770. The van der Waals surface area contributed by atoms with Crippen LogP contribution in [0.5, 0.6) is 0 Å². The van der Waals surface area contributed by atoms with Gasteiger partial charge in [0.15, 0.2) is 0 Å². The van der Waals surface area contributed by atoms with Crippen molar-refractivity contribution in [3.63, 3.8) is 0 Å². The predicted molar refractivity (Wildman–Crippen MR) is 71.4 cm³/mol. The van der Waals surface area contributed by atoms with Crippen molar-refractivity contribution in [2.24, 2.45) is 10.5 Å². The maximum atomic E-state index is 11.5. The molecule has 0 saturated carbocycles. The highest BCUT2D eigenvalue weighted by Crippen LogP contribution is 2.33. The quantitative estimate of drug-likeness (QED) is 0.193. The standard InChI is InChI=1S/C12H25N3O5/c1-7-8-13-15(17)14-19-9-18-10(16)20-12(5,6)11(2,3)4/h7-9H2,1-6H3,(H,13,14). The predicted octanol–water partition coefficient (Wildman–Crippen LogP) is 2.73. The van der Waals surface area contributed by atoms with Gasteiger partial charge in [-0.05, 0) is 25.9 Å². The van der Waals surface area contributed by atoms with Crippen molar-refractivity contribution in [3.05, 3.63) is 5.21 Å². The molecule has 0 aromatic rings. The second kappa shape index (κ2) is 7.88. The summed E-state index contributed by atoms with van der Waals surface area (Å²) in [5, 5.41) is 14.5. The van der Waals surface area contributed by atoms with Crippen molar-refractivity contribution in [1.29, 1.82) is 0 Å². The van der Waals surface area contributed by atoms with Crippen LogP contribution in [-0.4, -0.2) is 30.1 Å². The van der Waals surface area contributed by atoms with E-state index in [0.717, 1.165) is 6.42 Å². The van der Waals surface area contributed by atoms with E-state index >= 15 is 0 Å². The fourth-order valence-electron chi connectivity index (χ4n) is 0.770. The Bertz CT molecular complexity index is 336. The summed E-state index contributed by atoms with van der Waals surface area (Å²) in [6.07, 6.45) is -0.125. The van der Waals surface area contributed by atoms with Crippen LogP contribution < -0.4 is 5.59 Å². The number of hydrazine groups is 1. The van der Waals surface area contributed by atoms with Crippen LogP contribution in [0.2, 0.25) is 0 Å². The molecular formula is C12H25N3O5. The number of ether oxygens (including phenoxy) is 2. The average molecular weight is 291 g/mol. The first-order chi connectivity index (χ1) is 9.10. The second-order valence-electron chi connectivity index (χ2n) is 5.75. The zero-order chi connectivity index (χ0) is 15.8. The van der Waals surface area contributed by atoms with E-state index in [0.29, 0.717) is 6.54 Å². The third-order valence-electron chi connectivity index (χ3n) is 2.98. The zero-order valence-electron chi connectivity index (χ0n) is 13.1. The molecule has 0 saturated heterocycles. The van der Waals surface area contributed by atoms with Gasteiger partial charge in [-0.15, -0.1) is 0 Å². The number of carbonyl (C=O) groups is 1. The van der Waals surface area contributed by atoms with E-state index in [1.54, 1.807) is 13.8 Å². The van der Waals surface area contributed by atoms with Crippen LogP contribution >= 0.6 is 0 Å². The third-order valence-corrected chi connectivity index (χ3v) is 2.98. The molecule has 0 bridgehead atoms. The van der Waals surface area contributed by atoms with Crippen molar-refractivity contribution < 1.29 is 24.1 Å². The number of hydrogen-bond acceptors (Lipinski definition) is 6. The van der Waals surface area contributed by atoms with Crippen molar-refractivity contribution in [3.8, 4) is 0 Å². The first-order valence-corrected chi connectivity index (χ1v) is 6.48. The van der Waals surface area contributed by atoms with Crippen molar-refractivity contribution in [1.82, 2.24) is 5.59 Å². The molecule has 0 aromatic heterocycles. The molecule has 0 aliphatic rings. The van der Waals surface area contributed by atoms with Gasteiger partial charge in [0.25, 0.3) is 0 Å². The molecule has 8 heteroatoms. The van der Waals surface area contributed by atoms with E-state index in [4.69, 9.17) is 4.74 Å². The van der Waals surface area contributed by atoms with E-state index in [2.05, 4.69) is 14.7 Å². The highest BCUT2D eigenvalue weighted by molar-refractivity contribution is 5.60. The second-order valence-corrected chi connectivity index (χ2v) is 5.75. The normalized spacial score (nSPS) is 13.0. The van der Waals surface area contributed by atoms with Gasteiger partial charge in [0.05, 0.1) is 4.97 Å². The Morgan fingerprint density at radius 1 is 1.30 bits per heavy atom. The van der Waals surface area contributed by atoms with E-state index in [9.17, 15) is 10.0 Å². The molecule has 0 aliphatic carbocycles. The van der Waals surface area contributed by atoms with Crippen LogP contribution in [0.3, 0.4) is 0 Å². The summed E-state index contributed by atoms with van der Waals surface area (Å²) in [7, 11) is 0. The number of hydrogen-bond donors (Lipinski definition) is 1.